The molecule has 0 spiro atoms. The van der Waals surface area contributed by atoms with E-state index in [-0.39, 0.29) is 6.09 Å². The molecule has 96 valence electrons. The van der Waals surface area contributed by atoms with Crippen LogP contribution in [0.4, 0.5) is 4.79 Å². The highest BCUT2D eigenvalue weighted by atomic mass is 16.6. The van der Waals surface area contributed by atoms with Crippen LogP contribution in [0.3, 0.4) is 0 Å². The van der Waals surface area contributed by atoms with Crippen molar-refractivity contribution < 1.29 is 9.53 Å². The SMILES string of the molecule is CC(C)(C)OC(=O)N1CCN(CCC#N)CC1. The maximum absolute atomic E-state index is 11.8. The topological polar surface area (TPSA) is 56.6 Å². The predicted octanol–water partition coefficient (Wildman–Crippen LogP) is 1.45. The quantitative estimate of drug-likeness (QED) is 0.732. The lowest BCUT2D eigenvalue weighted by molar-refractivity contribution is 0.0147. The minimum atomic E-state index is -0.435. The maximum atomic E-state index is 11.8. The third kappa shape index (κ3) is 5.05. The van der Waals surface area contributed by atoms with Gasteiger partial charge in [0.05, 0.1) is 6.07 Å². The molecular formula is C12H21N3O2. The summed E-state index contributed by atoms with van der Waals surface area (Å²) in [7, 11) is 0. The van der Waals surface area contributed by atoms with Crippen molar-refractivity contribution in [3.8, 4) is 6.07 Å². The first-order valence-electron chi connectivity index (χ1n) is 5.99. The van der Waals surface area contributed by atoms with Crippen LogP contribution in [-0.4, -0.2) is 54.2 Å². The molecule has 5 heteroatoms. The van der Waals surface area contributed by atoms with Crippen molar-refractivity contribution in [2.45, 2.75) is 32.8 Å². The van der Waals surface area contributed by atoms with Gasteiger partial charge in [-0.15, -0.1) is 0 Å². The molecule has 0 N–H and O–H groups in total. The van der Waals surface area contributed by atoms with Crippen molar-refractivity contribution >= 4 is 6.09 Å². The van der Waals surface area contributed by atoms with E-state index in [4.69, 9.17) is 10.00 Å². The van der Waals surface area contributed by atoms with E-state index in [0.29, 0.717) is 19.5 Å². The van der Waals surface area contributed by atoms with Crippen molar-refractivity contribution in [1.29, 1.82) is 5.26 Å². The minimum absolute atomic E-state index is 0.238. The molecule has 1 amide bonds. The van der Waals surface area contributed by atoms with Crippen molar-refractivity contribution in [2.24, 2.45) is 0 Å². The fraction of sp³-hybridized carbons (Fsp3) is 0.833. The highest BCUT2D eigenvalue weighted by molar-refractivity contribution is 5.68. The summed E-state index contributed by atoms with van der Waals surface area (Å²) < 4.78 is 5.31. The Morgan fingerprint density at radius 3 is 2.35 bits per heavy atom. The second-order valence-electron chi connectivity index (χ2n) is 5.22. The van der Waals surface area contributed by atoms with Gasteiger partial charge in [0.2, 0.25) is 0 Å². The van der Waals surface area contributed by atoms with Gasteiger partial charge in [-0.05, 0) is 20.8 Å². The third-order valence-corrected chi connectivity index (χ3v) is 2.56. The molecule has 1 saturated heterocycles. The molecule has 1 fully saturated rings. The summed E-state index contributed by atoms with van der Waals surface area (Å²) in [5.41, 5.74) is -0.435. The molecule has 0 atom stereocenters. The zero-order chi connectivity index (χ0) is 12.9. The summed E-state index contributed by atoms with van der Waals surface area (Å²) >= 11 is 0. The number of amides is 1. The van der Waals surface area contributed by atoms with E-state index in [1.54, 1.807) is 4.90 Å². The standard InChI is InChI=1S/C12H21N3O2/c1-12(2,3)17-11(16)15-9-7-14(8-10-15)6-4-5-13/h4,6-10H2,1-3H3. The first kappa shape index (κ1) is 13.8. The van der Waals surface area contributed by atoms with Gasteiger partial charge in [0.1, 0.15) is 5.60 Å². The Morgan fingerprint density at radius 1 is 1.29 bits per heavy atom. The van der Waals surface area contributed by atoms with Gasteiger partial charge in [-0.3, -0.25) is 4.90 Å². The predicted molar refractivity (Wildman–Crippen MR) is 64.5 cm³/mol. The fourth-order valence-electron chi connectivity index (χ4n) is 1.69. The van der Waals surface area contributed by atoms with Crippen molar-refractivity contribution in [1.82, 2.24) is 9.80 Å². The summed E-state index contributed by atoms with van der Waals surface area (Å²) in [6, 6.07) is 2.13. The third-order valence-electron chi connectivity index (χ3n) is 2.56. The molecule has 0 aliphatic carbocycles. The zero-order valence-electron chi connectivity index (χ0n) is 10.9. The van der Waals surface area contributed by atoms with E-state index >= 15 is 0 Å². The fourth-order valence-corrected chi connectivity index (χ4v) is 1.69. The van der Waals surface area contributed by atoms with Crippen molar-refractivity contribution in [2.75, 3.05) is 32.7 Å². The van der Waals surface area contributed by atoms with E-state index in [0.717, 1.165) is 19.6 Å². The van der Waals surface area contributed by atoms with Crippen LogP contribution < -0.4 is 0 Å². The van der Waals surface area contributed by atoms with Crippen LogP contribution in [0.1, 0.15) is 27.2 Å². The molecular weight excluding hydrogens is 218 g/mol. The lowest BCUT2D eigenvalue weighted by Gasteiger charge is -2.35. The van der Waals surface area contributed by atoms with E-state index in [9.17, 15) is 4.79 Å². The Labute approximate surface area is 103 Å². The van der Waals surface area contributed by atoms with Crippen LogP contribution in [0, 0.1) is 11.3 Å². The smallest absolute Gasteiger partial charge is 0.410 e. The summed E-state index contributed by atoms with van der Waals surface area (Å²) in [4.78, 5) is 15.7. The van der Waals surface area contributed by atoms with E-state index in [1.807, 2.05) is 20.8 Å². The number of ether oxygens (including phenoxy) is 1. The van der Waals surface area contributed by atoms with Crippen LogP contribution in [0.25, 0.3) is 0 Å². The number of carbonyl (C=O) groups excluding carboxylic acids is 1. The van der Waals surface area contributed by atoms with E-state index < -0.39 is 5.60 Å². The lowest BCUT2D eigenvalue weighted by atomic mass is 10.2. The number of nitriles is 1. The van der Waals surface area contributed by atoms with Crippen LogP contribution in [0.2, 0.25) is 0 Å². The molecule has 0 saturated carbocycles. The molecule has 1 aliphatic heterocycles. The summed E-state index contributed by atoms with van der Waals surface area (Å²) in [6.45, 7) is 9.40. The van der Waals surface area contributed by atoms with Gasteiger partial charge < -0.3 is 9.64 Å². The van der Waals surface area contributed by atoms with Crippen molar-refractivity contribution in [3.63, 3.8) is 0 Å². The number of nitrogens with zero attached hydrogens (tertiary/aromatic N) is 3. The van der Waals surface area contributed by atoms with Gasteiger partial charge in [-0.1, -0.05) is 0 Å². The van der Waals surface area contributed by atoms with Crippen LogP contribution in [0.15, 0.2) is 0 Å². The Morgan fingerprint density at radius 2 is 1.88 bits per heavy atom. The first-order valence-corrected chi connectivity index (χ1v) is 5.99. The first-order chi connectivity index (χ1) is 7.92. The molecule has 1 heterocycles. The average Bonchev–Trinajstić information content (AvgIpc) is 2.24. The molecule has 0 bridgehead atoms. The second-order valence-corrected chi connectivity index (χ2v) is 5.22. The molecule has 0 unspecified atom stereocenters. The summed E-state index contributed by atoms with van der Waals surface area (Å²) in [5, 5.41) is 8.50. The minimum Gasteiger partial charge on any atom is -0.444 e. The number of carbonyl (C=O) groups is 1. The van der Waals surface area contributed by atoms with E-state index in [2.05, 4.69) is 11.0 Å². The number of piperazine rings is 1. The molecule has 0 aromatic carbocycles. The van der Waals surface area contributed by atoms with Gasteiger partial charge in [0.25, 0.3) is 0 Å². The largest absolute Gasteiger partial charge is 0.444 e. The average molecular weight is 239 g/mol. The van der Waals surface area contributed by atoms with Gasteiger partial charge in [-0.25, -0.2) is 4.79 Å². The molecule has 1 rings (SSSR count). The van der Waals surface area contributed by atoms with Crippen LogP contribution >= 0.6 is 0 Å². The number of rotatable bonds is 2. The monoisotopic (exact) mass is 239 g/mol. The molecule has 17 heavy (non-hydrogen) atoms. The van der Waals surface area contributed by atoms with Gasteiger partial charge in [0, 0.05) is 39.1 Å². The van der Waals surface area contributed by atoms with E-state index in [1.165, 1.54) is 0 Å². The normalized spacial score (nSPS) is 17.6. The van der Waals surface area contributed by atoms with Crippen LogP contribution in [-0.2, 0) is 4.74 Å². The van der Waals surface area contributed by atoms with Gasteiger partial charge in [-0.2, -0.15) is 5.26 Å². The number of hydrogen-bond donors (Lipinski definition) is 0. The molecule has 0 aromatic rings. The Bertz CT molecular complexity index is 296. The molecule has 1 aliphatic rings. The number of hydrogen-bond acceptors (Lipinski definition) is 4. The van der Waals surface area contributed by atoms with Crippen molar-refractivity contribution in [3.05, 3.63) is 0 Å². The molecule has 0 radical (unpaired) electrons. The maximum Gasteiger partial charge on any atom is 0.410 e. The second kappa shape index (κ2) is 5.87. The Hall–Kier alpha value is -1.28. The highest BCUT2D eigenvalue weighted by Gasteiger charge is 2.25. The molecule has 0 aromatic heterocycles. The zero-order valence-corrected chi connectivity index (χ0v) is 10.9. The van der Waals surface area contributed by atoms with Gasteiger partial charge in [0.15, 0.2) is 0 Å². The summed E-state index contributed by atoms with van der Waals surface area (Å²) in [6.07, 6.45) is 0.310. The lowest BCUT2D eigenvalue weighted by Crippen LogP contribution is -2.50. The van der Waals surface area contributed by atoms with Gasteiger partial charge >= 0.3 is 6.09 Å². The highest BCUT2D eigenvalue weighted by Crippen LogP contribution is 2.11. The summed E-state index contributed by atoms with van der Waals surface area (Å²) in [5.74, 6) is 0. The molecule has 5 nitrogen and oxygen atoms in total. The van der Waals surface area contributed by atoms with Crippen LogP contribution in [0.5, 0.6) is 0 Å². The Balaban J connectivity index is 2.32. The Kier molecular flexibility index (Phi) is 4.76.